The zero-order valence-corrected chi connectivity index (χ0v) is 19.4. The van der Waals surface area contributed by atoms with E-state index in [4.69, 9.17) is 4.84 Å². The van der Waals surface area contributed by atoms with Gasteiger partial charge in [0.05, 0.1) is 17.8 Å². The summed E-state index contributed by atoms with van der Waals surface area (Å²) in [5.74, 6) is -1.16. The highest BCUT2D eigenvalue weighted by Gasteiger charge is 2.64. The minimum absolute atomic E-state index is 0.0354. The molecule has 0 aliphatic carbocycles. The van der Waals surface area contributed by atoms with Gasteiger partial charge in [-0.3, -0.25) is 14.3 Å². The molecule has 208 valence electrons. The Hall–Kier alpha value is -3.79. The van der Waals surface area contributed by atoms with Crippen molar-refractivity contribution in [2.45, 2.75) is 37.5 Å². The van der Waals surface area contributed by atoms with E-state index in [2.05, 4.69) is 10.3 Å². The molecule has 1 N–H and O–H groups in total. The molecule has 1 aliphatic heterocycles. The number of halogens is 9. The van der Waals surface area contributed by atoms with Crippen LogP contribution >= 0.6 is 0 Å². The molecule has 1 aromatic heterocycles. The summed E-state index contributed by atoms with van der Waals surface area (Å²) in [5.41, 5.74) is -5.96. The van der Waals surface area contributed by atoms with Crippen LogP contribution in [0.2, 0.25) is 0 Å². The van der Waals surface area contributed by atoms with Crippen LogP contribution < -0.4 is 10.2 Å². The highest BCUT2D eigenvalue weighted by molar-refractivity contribution is 6.03. The molecule has 0 saturated carbocycles. The minimum atomic E-state index is -5.24. The summed E-state index contributed by atoms with van der Waals surface area (Å²) in [4.78, 5) is 28.9. The number of carbonyl (C=O) groups is 2. The lowest BCUT2D eigenvalue weighted by Gasteiger charge is -2.29. The van der Waals surface area contributed by atoms with Gasteiger partial charge in [-0.25, -0.2) is 0 Å². The molecule has 2 aromatic rings. The zero-order valence-electron chi connectivity index (χ0n) is 19.4. The molecule has 1 unspecified atom stereocenters. The van der Waals surface area contributed by atoms with Crippen molar-refractivity contribution < 1.29 is 53.9 Å². The van der Waals surface area contributed by atoms with Crippen LogP contribution in [0.3, 0.4) is 0 Å². The molecule has 1 atom stereocenters. The molecule has 0 saturated heterocycles. The van der Waals surface area contributed by atoms with Gasteiger partial charge in [-0.1, -0.05) is 17.3 Å². The minimum Gasteiger partial charge on any atom is -0.372 e. The van der Waals surface area contributed by atoms with Crippen LogP contribution in [0.4, 0.5) is 45.2 Å². The van der Waals surface area contributed by atoms with Crippen molar-refractivity contribution in [2.24, 2.45) is 12.2 Å². The second-order valence-electron chi connectivity index (χ2n) is 8.29. The van der Waals surface area contributed by atoms with Crippen LogP contribution in [-0.4, -0.2) is 53.3 Å². The van der Waals surface area contributed by atoms with Crippen molar-refractivity contribution in [3.63, 3.8) is 0 Å². The van der Waals surface area contributed by atoms with Crippen LogP contribution in [0.25, 0.3) is 0 Å². The number of nitrogens with one attached hydrogen (secondary N) is 1. The van der Waals surface area contributed by atoms with Gasteiger partial charge in [0.1, 0.15) is 13.1 Å². The van der Waals surface area contributed by atoms with Gasteiger partial charge in [0.15, 0.2) is 5.69 Å². The molecule has 0 radical (unpaired) electrons. The van der Waals surface area contributed by atoms with E-state index in [0.717, 1.165) is 18.0 Å². The Kier molecular flexibility index (Phi) is 7.44. The third-order valence-corrected chi connectivity index (χ3v) is 5.55. The van der Waals surface area contributed by atoms with Gasteiger partial charge in [-0.2, -0.15) is 44.6 Å². The summed E-state index contributed by atoms with van der Waals surface area (Å²) in [5, 5.41) is 8.15. The smallest absolute Gasteiger partial charge is 0.372 e. The average molecular weight is 559 g/mol. The Morgan fingerprint density at radius 1 is 1.16 bits per heavy atom. The summed E-state index contributed by atoms with van der Waals surface area (Å²) in [6.07, 6.45) is -15.9. The first kappa shape index (κ1) is 28.8. The number of hydrogen-bond donors (Lipinski definition) is 1. The monoisotopic (exact) mass is 559 g/mol. The fourth-order valence-corrected chi connectivity index (χ4v) is 3.69. The molecular weight excluding hydrogens is 541 g/mol. The number of aryl methyl sites for hydroxylation is 2. The van der Waals surface area contributed by atoms with E-state index in [9.17, 15) is 49.1 Å². The van der Waals surface area contributed by atoms with Crippen LogP contribution in [-0.2, 0) is 33.3 Å². The normalized spacial score (nSPS) is 18.1. The van der Waals surface area contributed by atoms with Crippen LogP contribution in [0.1, 0.15) is 28.9 Å². The first-order valence-electron chi connectivity index (χ1n) is 10.5. The topological polar surface area (TPSA) is 88.8 Å². The largest absolute Gasteiger partial charge is 0.437 e. The maximum atomic E-state index is 14.2. The van der Waals surface area contributed by atoms with Crippen LogP contribution in [0.5, 0.6) is 0 Å². The highest BCUT2D eigenvalue weighted by Crippen LogP contribution is 2.49. The molecule has 38 heavy (non-hydrogen) atoms. The highest BCUT2D eigenvalue weighted by atomic mass is 19.4. The number of alkyl halides is 9. The maximum Gasteiger partial charge on any atom is 0.437 e. The lowest BCUT2D eigenvalue weighted by molar-refractivity contribution is -0.278. The summed E-state index contributed by atoms with van der Waals surface area (Å²) < 4.78 is 119. The van der Waals surface area contributed by atoms with E-state index in [1.165, 1.54) is 19.1 Å². The van der Waals surface area contributed by atoms with E-state index in [1.54, 1.807) is 5.32 Å². The van der Waals surface area contributed by atoms with Crippen molar-refractivity contribution in [3.05, 3.63) is 46.8 Å². The third-order valence-electron chi connectivity index (χ3n) is 5.55. The Balaban J connectivity index is 1.92. The number of benzene rings is 1. The van der Waals surface area contributed by atoms with Gasteiger partial charge in [-0.15, -0.1) is 0 Å². The Labute approximate surface area is 208 Å². The zero-order chi connectivity index (χ0) is 28.7. The number of nitrogens with zero attached hydrogens (tertiary/aromatic N) is 4. The lowest BCUT2D eigenvalue weighted by Crippen LogP contribution is -2.44. The Morgan fingerprint density at radius 2 is 1.82 bits per heavy atom. The Bertz CT molecular complexity index is 1250. The number of carbonyl (C=O) groups excluding carboxylic acids is 2. The maximum absolute atomic E-state index is 14.2. The van der Waals surface area contributed by atoms with Crippen molar-refractivity contribution in [2.75, 3.05) is 18.0 Å². The molecular formula is C21H18F9N5O3. The molecule has 17 heteroatoms. The van der Waals surface area contributed by atoms with Crippen LogP contribution in [0, 0.1) is 6.92 Å². The van der Waals surface area contributed by atoms with E-state index < -0.39 is 60.9 Å². The van der Waals surface area contributed by atoms with Gasteiger partial charge in [-0.05, 0) is 24.6 Å². The SMILES string of the molecule is Cc1ccc(C2=NOC(c3cc(C(F)(F)F)nn3C)(C(F)(F)F)C2)cc1N(C=O)CC(=O)NCC(F)(F)F. The van der Waals surface area contributed by atoms with E-state index in [-0.39, 0.29) is 29.4 Å². The summed E-state index contributed by atoms with van der Waals surface area (Å²) in [6.45, 7) is -1.02. The number of amides is 2. The molecule has 0 bridgehead atoms. The van der Waals surface area contributed by atoms with Crippen LogP contribution in [0.15, 0.2) is 29.4 Å². The van der Waals surface area contributed by atoms with Gasteiger partial charge in [0.2, 0.25) is 12.3 Å². The van der Waals surface area contributed by atoms with E-state index in [1.807, 2.05) is 0 Å². The average Bonchev–Trinajstić information content (AvgIpc) is 3.41. The fraction of sp³-hybridized carbons (Fsp3) is 0.429. The molecule has 2 heterocycles. The quantitative estimate of drug-likeness (QED) is 0.411. The van der Waals surface area contributed by atoms with Gasteiger partial charge in [0, 0.05) is 18.3 Å². The number of anilines is 1. The first-order chi connectivity index (χ1) is 17.4. The second kappa shape index (κ2) is 9.83. The van der Waals surface area contributed by atoms with Crippen molar-refractivity contribution >= 4 is 23.7 Å². The predicted octanol–water partition coefficient (Wildman–Crippen LogP) is 3.97. The standard InChI is InChI=1S/C21H18F9N5O3/c1-11-3-4-12(5-14(11)35(10-36)8-17(37)31-9-19(22,23)24)13-7-18(38-33-13,21(28,29)30)16-6-15(20(25,26)27)32-34(16)2/h3-6,10H,7-9H2,1-2H3,(H,31,37). The molecule has 0 fully saturated rings. The third kappa shape index (κ3) is 5.85. The Morgan fingerprint density at radius 3 is 2.34 bits per heavy atom. The summed E-state index contributed by atoms with van der Waals surface area (Å²) in [6, 6.07) is 4.00. The summed E-state index contributed by atoms with van der Waals surface area (Å²) >= 11 is 0. The summed E-state index contributed by atoms with van der Waals surface area (Å²) in [7, 11) is 0.884. The molecule has 8 nitrogen and oxygen atoms in total. The number of rotatable bonds is 7. The van der Waals surface area contributed by atoms with Crippen molar-refractivity contribution in [1.29, 1.82) is 0 Å². The van der Waals surface area contributed by atoms with Gasteiger partial charge >= 0.3 is 18.5 Å². The molecule has 1 aromatic carbocycles. The molecule has 3 rings (SSSR count). The number of hydrogen-bond acceptors (Lipinski definition) is 5. The van der Waals surface area contributed by atoms with Gasteiger partial charge < -0.3 is 15.1 Å². The number of oxime groups is 1. The fourth-order valence-electron chi connectivity index (χ4n) is 3.69. The molecule has 1 aliphatic rings. The predicted molar refractivity (Wildman–Crippen MR) is 112 cm³/mol. The lowest BCUT2D eigenvalue weighted by atomic mass is 9.89. The van der Waals surface area contributed by atoms with Crippen molar-refractivity contribution in [3.8, 4) is 0 Å². The van der Waals surface area contributed by atoms with E-state index >= 15 is 0 Å². The first-order valence-corrected chi connectivity index (χ1v) is 10.5. The van der Waals surface area contributed by atoms with E-state index in [0.29, 0.717) is 10.2 Å². The molecule has 2 amide bonds. The number of aromatic nitrogens is 2. The van der Waals surface area contributed by atoms with Crippen molar-refractivity contribution in [1.82, 2.24) is 15.1 Å². The second-order valence-corrected chi connectivity index (χ2v) is 8.29. The molecule has 0 spiro atoms. The van der Waals surface area contributed by atoms with Gasteiger partial charge in [0.25, 0.3) is 5.60 Å².